The average Bonchev–Trinajstić information content (AvgIpc) is 3.24. The highest BCUT2D eigenvalue weighted by molar-refractivity contribution is 8.01. The molecule has 0 saturated carbocycles. The zero-order valence-corrected chi connectivity index (χ0v) is 19.6. The third-order valence-corrected chi connectivity index (χ3v) is 6.24. The van der Waals surface area contributed by atoms with Crippen molar-refractivity contribution >= 4 is 45.7 Å². The third kappa shape index (κ3) is 7.09. The number of anilines is 2. The van der Waals surface area contributed by atoms with Gasteiger partial charge in [-0.25, -0.2) is 0 Å². The van der Waals surface area contributed by atoms with Gasteiger partial charge in [0.1, 0.15) is 0 Å². The lowest BCUT2D eigenvalue weighted by Gasteiger charge is -2.09. The van der Waals surface area contributed by atoms with Gasteiger partial charge in [-0.2, -0.15) is 13.2 Å². The molecule has 0 fully saturated rings. The molecule has 2 amide bonds. The number of benzene rings is 2. The van der Waals surface area contributed by atoms with Crippen molar-refractivity contribution in [3.05, 3.63) is 53.6 Å². The maximum atomic E-state index is 12.8. The molecule has 34 heavy (non-hydrogen) atoms. The Morgan fingerprint density at radius 2 is 1.76 bits per heavy atom. The van der Waals surface area contributed by atoms with Crippen LogP contribution in [0.4, 0.5) is 24.0 Å². The molecule has 3 rings (SSSR count). The molecule has 2 N–H and O–H groups in total. The number of nitrogens with one attached hydrogen (secondary N) is 2. The van der Waals surface area contributed by atoms with Crippen molar-refractivity contribution in [2.45, 2.75) is 16.9 Å². The monoisotopic (exact) mass is 512 g/mol. The predicted octanol–water partition coefficient (Wildman–Crippen LogP) is 4.49. The number of halogens is 3. The number of hydrogen-bond acceptors (Lipinski definition) is 8. The summed E-state index contributed by atoms with van der Waals surface area (Å²) in [6.07, 6.45) is -4.43. The lowest BCUT2D eigenvalue weighted by atomic mass is 10.1. The van der Waals surface area contributed by atoms with Gasteiger partial charge < -0.3 is 20.1 Å². The van der Waals surface area contributed by atoms with Gasteiger partial charge in [0.2, 0.25) is 16.9 Å². The van der Waals surface area contributed by atoms with Gasteiger partial charge in [0.25, 0.3) is 0 Å². The number of alkyl halides is 3. The molecule has 0 radical (unpaired) electrons. The molecule has 0 aliphatic rings. The Morgan fingerprint density at radius 1 is 1.00 bits per heavy atom. The smallest absolute Gasteiger partial charge is 0.416 e. The molecule has 1 aromatic heterocycles. The lowest BCUT2D eigenvalue weighted by molar-refractivity contribution is -0.137. The minimum absolute atomic E-state index is 0.0424. The Morgan fingerprint density at radius 3 is 2.47 bits per heavy atom. The molecule has 0 aliphatic heterocycles. The Bertz CT molecular complexity index is 1170. The van der Waals surface area contributed by atoms with Crippen LogP contribution in [-0.2, 0) is 22.2 Å². The van der Waals surface area contributed by atoms with E-state index >= 15 is 0 Å². The number of ether oxygens (including phenoxy) is 2. The van der Waals surface area contributed by atoms with Gasteiger partial charge in [-0.15, -0.1) is 10.2 Å². The van der Waals surface area contributed by atoms with E-state index in [4.69, 9.17) is 9.47 Å². The molecule has 8 nitrogen and oxygen atoms in total. The summed E-state index contributed by atoms with van der Waals surface area (Å²) in [7, 11) is 3.02. The van der Waals surface area contributed by atoms with Gasteiger partial charge >= 0.3 is 6.18 Å². The minimum atomic E-state index is -4.50. The first-order chi connectivity index (χ1) is 16.2. The maximum absolute atomic E-state index is 12.8. The molecule has 0 unspecified atom stereocenters. The number of rotatable bonds is 9. The SMILES string of the molecule is COc1ccc(CC(=O)Nc2nnc(SCC(=O)Nc3cccc(C(F)(F)F)c3)s2)cc1OC. The molecule has 0 aliphatic carbocycles. The fourth-order valence-corrected chi connectivity index (χ4v) is 4.32. The molecule has 3 aromatic rings. The molecule has 0 spiro atoms. The van der Waals surface area contributed by atoms with E-state index in [9.17, 15) is 22.8 Å². The van der Waals surface area contributed by atoms with E-state index in [2.05, 4.69) is 20.8 Å². The van der Waals surface area contributed by atoms with Crippen LogP contribution in [0.15, 0.2) is 46.8 Å². The largest absolute Gasteiger partial charge is 0.493 e. The van der Waals surface area contributed by atoms with Crippen LogP contribution in [-0.4, -0.2) is 42.0 Å². The Labute approximate surface area is 200 Å². The summed E-state index contributed by atoms with van der Waals surface area (Å²) in [5.74, 6) is 0.144. The van der Waals surface area contributed by atoms with Crippen molar-refractivity contribution in [2.24, 2.45) is 0 Å². The van der Waals surface area contributed by atoms with Crippen LogP contribution in [0.5, 0.6) is 11.5 Å². The van der Waals surface area contributed by atoms with Crippen LogP contribution < -0.4 is 20.1 Å². The lowest BCUT2D eigenvalue weighted by Crippen LogP contribution is -2.15. The van der Waals surface area contributed by atoms with Gasteiger partial charge in [0, 0.05) is 5.69 Å². The molecule has 0 bridgehead atoms. The zero-order chi connectivity index (χ0) is 24.7. The van der Waals surface area contributed by atoms with Crippen molar-refractivity contribution in [1.82, 2.24) is 10.2 Å². The molecule has 180 valence electrons. The maximum Gasteiger partial charge on any atom is 0.416 e. The van der Waals surface area contributed by atoms with E-state index in [0.717, 1.165) is 35.2 Å². The second kappa shape index (κ2) is 11.2. The quantitative estimate of drug-likeness (QED) is 0.322. The van der Waals surface area contributed by atoms with Crippen LogP contribution in [0.3, 0.4) is 0 Å². The molecule has 1 heterocycles. The standard InChI is InChI=1S/C21H19F3N4O4S2/c1-31-15-7-6-12(8-16(15)32-2)9-17(29)26-19-27-28-20(34-19)33-11-18(30)25-14-5-3-4-13(10-14)21(22,23)24/h3-8,10H,9,11H2,1-2H3,(H,25,30)(H,26,27,29). The van der Waals surface area contributed by atoms with Gasteiger partial charge in [0.15, 0.2) is 15.8 Å². The number of nitrogens with zero attached hydrogens (tertiary/aromatic N) is 2. The molecule has 13 heteroatoms. The first-order valence-corrected chi connectivity index (χ1v) is 11.4. The van der Waals surface area contributed by atoms with E-state index in [-0.39, 0.29) is 28.9 Å². The highest BCUT2D eigenvalue weighted by Gasteiger charge is 2.30. The van der Waals surface area contributed by atoms with Gasteiger partial charge in [-0.1, -0.05) is 35.2 Å². The molecule has 2 aromatic carbocycles. The Hall–Kier alpha value is -3.32. The third-order valence-electron chi connectivity index (χ3n) is 4.27. The van der Waals surface area contributed by atoms with E-state index in [1.807, 2.05) is 0 Å². The normalized spacial score (nSPS) is 11.1. The second-order valence-electron chi connectivity index (χ2n) is 6.70. The molecular weight excluding hydrogens is 493 g/mol. The first-order valence-electron chi connectivity index (χ1n) is 9.62. The van der Waals surface area contributed by atoms with Crippen molar-refractivity contribution < 1.29 is 32.2 Å². The fraction of sp³-hybridized carbons (Fsp3) is 0.238. The van der Waals surface area contributed by atoms with Crippen LogP contribution in [0.1, 0.15) is 11.1 Å². The highest BCUT2D eigenvalue weighted by atomic mass is 32.2. The van der Waals surface area contributed by atoms with Crippen molar-refractivity contribution in [1.29, 1.82) is 0 Å². The summed E-state index contributed by atoms with van der Waals surface area (Å²) in [5.41, 5.74) is -0.100. The van der Waals surface area contributed by atoms with Crippen molar-refractivity contribution in [3.63, 3.8) is 0 Å². The van der Waals surface area contributed by atoms with E-state index in [1.165, 1.54) is 26.4 Å². The first kappa shape index (κ1) is 25.3. The van der Waals surface area contributed by atoms with Gasteiger partial charge in [-0.05, 0) is 35.9 Å². The van der Waals surface area contributed by atoms with Crippen LogP contribution in [0.25, 0.3) is 0 Å². The fourth-order valence-electron chi connectivity index (χ4n) is 2.76. The number of methoxy groups -OCH3 is 2. The highest BCUT2D eigenvalue weighted by Crippen LogP contribution is 2.31. The number of carbonyl (C=O) groups excluding carboxylic acids is 2. The van der Waals surface area contributed by atoms with Crippen LogP contribution in [0.2, 0.25) is 0 Å². The topological polar surface area (TPSA) is 102 Å². The van der Waals surface area contributed by atoms with Crippen LogP contribution in [0, 0.1) is 0 Å². The summed E-state index contributed by atoms with van der Waals surface area (Å²) in [6.45, 7) is 0. The Balaban J connectivity index is 1.50. The van der Waals surface area contributed by atoms with E-state index in [1.54, 1.807) is 18.2 Å². The number of aromatic nitrogens is 2. The summed E-state index contributed by atoms with van der Waals surface area (Å²) in [6, 6.07) is 9.51. The van der Waals surface area contributed by atoms with Crippen molar-refractivity contribution in [2.75, 3.05) is 30.6 Å². The number of carbonyl (C=O) groups is 2. The molecule has 0 atom stereocenters. The predicted molar refractivity (Wildman–Crippen MR) is 123 cm³/mol. The summed E-state index contributed by atoms with van der Waals surface area (Å²) in [4.78, 5) is 24.4. The van der Waals surface area contributed by atoms with E-state index < -0.39 is 17.6 Å². The average molecular weight is 513 g/mol. The second-order valence-corrected chi connectivity index (χ2v) is 8.90. The van der Waals surface area contributed by atoms with Gasteiger partial charge in [-0.3, -0.25) is 9.59 Å². The number of thioether (sulfide) groups is 1. The van der Waals surface area contributed by atoms with E-state index in [0.29, 0.717) is 21.4 Å². The van der Waals surface area contributed by atoms with Gasteiger partial charge in [0.05, 0.1) is 32.0 Å². The molecule has 0 saturated heterocycles. The summed E-state index contributed by atoms with van der Waals surface area (Å²) >= 11 is 2.12. The number of amides is 2. The van der Waals surface area contributed by atoms with Crippen LogP contribution >= 0.6 is 23.1 Å². The summed E-state index contributed by atoms with van der Waals surface area (Å²) in [5, 5.41) is 13.1. The summed E-state index contributed by atoms with van der Waals surface area (Å²) < 4.78 is 49.2. The molecular formula is C21H19F3N4O4S2. The minimum Gasteiger partial charge on any atom is -0.493 e. The Kier molecular flexibility index (Phi) is 8.34. The van der Waals surface area contributed by atoms with Crippen molar-refractivity contribution in [3.8, 4) is 11.5 Å². The zero-order valence-electron chi connectivity index (χ0n) is 17.9. The number of hydrogen-bond donors (Lipinski definition) is 2.